The molecule has 36 heavy (non-hydrogen) atoms. The fourth-order valence-corrected chi connectivity index (χ4v) is 3.05. The number of anilines is 1. The van der Waals surface area contributed by atoms with Crippen molar-refractivity contribution in [2.24, 2.45) is 0 Å². The lowest BCUT2D eigenvalue weighted by Crippen LogP contribution is -2.43. The summed E-state index contributed by atoms with van der Waals surface area (Å²) in [7, 11) is 0. The van der Waals surface area contributed by atoms with Crippen molar-refractivity contribution in [2.45, 2.75) is 39.0 Å². The van der Waals surface area contributed by atoms with Crippen LogP contribution < -0.4 is 16.2 Å². The number of unbranched alkanes of at least 4 members (excludes halogenated alkanes) is 2. The summed E-state index contributed by atoms with van der Waals surface area (Å²) in [4.78, 5) is 59.5. The minimum Gasteiger partial charge on any atom is -0.462 e. The number of hydrogen-bond acceptors (Lipinski definition) is 7. The van der Waals surface area contributed by atoms with Gasteiger partial charge in [0.2, 0.25) is 5.91 Å². The number of esters is 2. The van der Waals surface area contributed by atoms with E-state index in [1.165, 1.54) is 0 Å². The Labute approximate surface area is 217 Å². The summed E-state index contributed by atoms with van der Waals surface area (Å²) in [5, 5.41) is 2.61. The van der Waals surface area contributed by atoms with Gasteiger partial charge in [-0.15, -0.1) is 0 Å². The van der Waals surface area contributed by atoms with Gasteiger partial charge in [-0.25, -0.2) is 4.79 Å². The summed E-state index contributed by atoms with van der Waals surface area (Å²) in [6.45, 7) is 1.81. The smallest absolute Gasteiger partial charge is 0.338 e. The first-order valence-electron chi connectivity index (χ1n) is 11.4. The van der Waals surface area contributed by atoms with Crippen LogP contribution in [0.15, 0.2) is 53.0 Å². The van der Waals surface area contributed by atoms with Crippen LogP contribution in [-0.4, -0.2) is 42.9 Å². The molecule has 0 aliphatic heterocycles. The molecule has 0 fully saturated rings. The Morgan fingerprint density at radius 1 is 0.778 bits per heavy atom. The zero-order valence-electron chi connectivity index (χ0n) is 19.8. The number of carbonyl (C=O) groups excluding carboxylic acids is 5. The van der Waals surface area contributed by atoms with Crippen molar-refractivity contribution in [3.05, 3.63) is 64.1 Å². The van der Waals surface area contributed by atoms with E-state index in [0.717, 1.165) is 23.7 Å². The maximum Gasteiger partial charge on any atom is 0.338 e. The summed E-state index contributed by atoms with van der Waals surface area (Å²) < 4.78 is 10.8. The average Bonchev–Trinajstić information content (AvgIpc) is 2.88. The second-order valence-corrected chi connectivity index (χ2v) is 8.55. The third-order valence-electron chi connectivity index (χ3n) is 4.73. The van der Waals surface area contributed by atoms with Crippen LogP contribution in [0.5, 0.6) is 0 Å². The molecular weight excluding hydrogens is 534 g/mol. The zero-order valence-corrected chi connectivity index (χ0v) is 21.4. The summed E-state index contributed by atoms with van der Waals surface area (Å²) in [5.74, 6) is -2.88. The van der Waals surface area contributed by atoms with Crippen molar-refractivity contribution in [1.82, 2.24) is 10.9 Å². The highest BCUT2D eigenvalue weighted by Crippen LogP contribution is 2.12. The SMILES string of the molecule is CCCCCOC(=O)c1ccc(NC(=O)CCC(=O)OCC(=O)NNC(=O)c2ccc(Br)cc2)cc1. The first-order chi connectivity index (χ1) is 17.3. The lowest BCUT2D eigenvalue weighted by atomic mass is 10.2. The van der Waals surface area contributed by atoms with Gasteiger partial charge in [-0.1, -0.05) is 35.7 Å². The number of hydrazine groups is 1. The second kappa shape index (κ2) is 15.3. The van der Waals surface area contributed by atoms with Crippen molar-refractivity contribution in [1.29, 1.82) is 0 Å². The summed E-state index contributed by atoms with van der Waals surface area (Å²) in [6.07, 6.45) is 2.43. The van der Waals surface area contributed by atoms with Gasteiger partial charge in [-0.2, -0.15) is 0 Å². The molecule has 2 aromatic carbocycles. The minimum atomic E-state index is -0.749. The summed E-state index contributed by atoms with van der Waals surface area (Å²) in [6, 6.07) is 12.7. The molecule has 0 aliphatic carbocycles. The Kier molecular flexibility index (Phi) is 12.1. The number of halogens is 1. The Hall–Kier alpha value is -3.73. The van der Waals surface area contributed by atoms with E-state index in [4.69, 9.17) is 9.47 Å². The van der Waals surface area contributed by atoms with Gasteiger partial charge in [0.25, 0.3) is 11.8 Å². The number of rotatable bonds is 12. The van der Waals surface area contributed by atoms with E-state index in [9.17, 15) is 24.0 Å². The Morgan fingerprint density at radius 2 is 1.44 bits per heavy atom. The Balaban J connectivity index is 1.63. The monoisotopic (exact) mass is 561 g/mol. The van der Waals surface area contributed by atoms with Crippen molar-refractivity contribution >= 4 is 51.3 Å². The minimum absolute atomic E-state index is 0.165. The fraction of sp³-hybridized carbons (Fsp3) is 0.320. The fourth-order valence-electron chi connectivity index (χ4n) is 2.78. The van der Waals surface area contributed by atoms with Gasteiger partial charge in [-0.3, -0.25) is 30.0 Å². The molecule has 3 N–H and O–H groups in total. The van der Waals surface area contributed by atoms with Crippen LogP contribution in [0.25, 0.3) is 0 Å². The first kappa shape index (κ1) is 28.5. The van der Waals surface area contributed by atoms with Gasteiger partial charge in [0.1, 0.15) is 0 Å². The predicted molar refractivity (Wildman–Crippen MR) is 135 cm³/mol. The number of benzene rings is 2. The number of nitrogens with one attached hydrogen (secondary N) is 3. The third-order valence-corrected chi connectivity index (χ3v) is 5.26. The molecule has 0 saturated heterocycles. The van der Waals surface area contributed by atoms with E-state index in [1.807, 2.05) is 0 Å². The van der Waals surface area contributed by atoms with Crippen LogP contribution in [0, 0.1) is 0 Å². The second-order valence-electron chi connectivity index (χ2n) is 7.64. The van der Waals surface area contributed by atoms with Crippen molar-refractivity contribution in [3.63, 3.8) is 0 Å². The van der Waals surface area contributed by atoms with Gasteiger partial charge >= 0.3 is 11.9 Å². The number of hydrogen-bond donors (Lipinski definition) is 3. The summed E-state index contributed by atoms with van der Waals surface area (Å²) in [5.41, 5.74) is 5.51. The third kappa shape index (κ3) is 10.7. The molecule has 2 rings (SSSR count). The molecule has 0 aliphatic rings. The molecule has 0 radical (unpaired) electrons. The van der Waals surface area contributed by atoms with E-state index < -0.39 is 36.3 Å². The quantitative estimate of drug-likeness (QED) is 0.204. The largest absolute Gasteiger partial charge is 0.462 e. The maximum atomic E-state index is 12.1. The molecule has 0 spiro atoms. The van der Waals surface area contributed by atoms with Crippen LogP contribution >= 0.6 is 15.9 Å². The molecule has 0 aromatic heterocycles. The van der Waals surface area contributed by atoms with Crippen LogP contribution in [0.2, 0.25) is 0 Å². The maximum absolute atomic E-state index is 12.1. The van der Waals surface area contributed by atoms with Gasteiger partial charge in [0, 0.05) is 22.1 Å². The highest BCUT2D eigenvalue weighted by molar-refractivity contribution is 9.10. The van der Waals surface area contributed by atoms with Crippen LogP contribution in [0.1, 0.15) is 59.7 Å². The van der Waals surface area contributed by atoms with Crippen LogP contribution in [0.3, 0.4) is 0 Å². The highest BCUT2D eigenvalue weighted by Gasteiger charge is 2.13. The molecule has 0 saturated carbocycles. The zero-order chi connectivity index (χ0) is 26.3. The van der Waals surface area contributed by atoms with E-state index in [2.05, 4.69) is 39.0 Å². The van der Waals surface area contributed by atoms with Crippen LogP contribution in [0.4, 0.5) is 5.69 Å². The molecule has 192 valence electrons. The van der Waals surface area contributed by atoms with Crippen LogP contribution in [-0.2, 0) is 23.9 Å². The van der Waals surface area contributed by atoms with Crippen molar-refractivity contribution in [2.75, 3.05) is 18.5 Å². The molecule has 0 unspecified atom stereocenters. The van der Waals surface area contributed by atoms with E-state index in [1.54, 1.807) is 48.5 Å². The molecule has 0 atom stereocenters. The van der Waals surface area contributed by atoms with E-state index >= 15 is 0 Å². The standard InChI is InChI=1S/C25H28BrN3O7/c1-2-3-4-15-35-25(34)18-7-11-20(12-8-18)27-21(30)13-14-23(32)36-16-22(31)28-29-24(33)17-5-9-19(26)10-6-17/h5-12H,2-4,13-16H2,1H3,(H,27,30)(H,28,31)(H,29,33). The van der Waals surface area contributed by atoms with E-state index in [0.29, 0.717) is 23.4 Å². The Morgan fingerprint density at radius 3 is 2.11 bits per heavy atom. The highest BCUT2D eigenvalue weighted by atomic mass is 79.9. The van der Waals surface area contributed by atoms with E-state index in [-0.39, 0.29) is 12.8 Å². The lowest BCUT2D eigenvalue weighted by Gasteiger charge is -2.09. The number of ether oxygens (including phenoxy) is 2. The van der Waals surface area contributed by atoms with Gasteiger partial charge < -0.3 is 14.8 Å². The normalized spacial score (nSPS) is 10.2. The molecule has 0 heterocycles. The van der Waals surface area contributed by atoms with Crippen molar-refractivity contribution < 1.29 is 33.4 Å². The molecule has 2 aromatic rings. The molecular formula is C25H28BrN3O7. The number of amides is 3. The van der Waals surface area contributed by atoms with Gasteiger partial charge in [0.15, 0.2) is 6.61 Å². The average molecular weight is 562 g/mol. The lowest BCUT2D eigenvalue weighted by molar-refractivity contribution is -0.149. The van der Waals surface area contributed by atoms with Gasteiger partial charge in [0.05, 0.1) is 18.6 Å². The number of carbonyl (C=O) groups is 5. The van der Waals surface area contributed by atoms with Gasteiger partial charge in [-0.05, 0) is 55.0 Å². The molecule has 3 amide bonds. The predicted octanol–water partition coefficient (Wildman–Crippen LogP) is 3.52. The molecule has 11 heteroatoms. The first-order valence-corrected chi connectivity index (χ1v) is 12.1. The molecule has 10 nitrogen and oxygen atoms in total. The van der Waals surface area contributed by atoms with Crippen molar-refractivity contribution in [3.8, 4) is 0 Å². The molecule has 0 bridgehead atoms. The summed E-state index contributed by atoms with van der Waals surface area (Å²) >= 11 is 3.26. The topological polar surface area (TPSA) is 140 Å². The Bertz CT molecular complexity index is 1060.